The van der Waals surface area contributed by atoms with Crippen LogP contribution in [-0.4, -0.2) is 14.7 Å². The van der Waals surface area contributed by atoms with Crippen molar-refractivity contribution in [1.29, 1.82) is 0 Å². The average molecular weight is 329 g/mol. The zero-order valence-electron chi connectivity index (χ0n) is 9.52. The van der Waals surface area contributed by atoms with E-state index < -0.39 is 9.84 Å². The lowest BCUT2D eigenvalue weighted by Crippen LogP contribution is -2.00. The largest absolute Gasteiger partial charge is 0.224 e. The zero-order valence-corrected chi connectivity index (χ0v) is 11.9. The summed E-state index contributed by atoms with van der Waals surface area (Å²) in [7, 11) is -3.34. The Hall–Kier alpha value is -1.20. The van der Waals surface area contributed by atoms with Crippen LogP contribution in [0.25, 0.3) is 11.1 Å². The predicted octanol–water partition coefficient (Wildman–Crippen LogP) is 3.66. The first-order chi connectivity index (χ1) is 8.38. The van der Waals surface area contributed by atoms with Gasteiger partial charge in [-0.3, -0.25) is 0 Å². The second-order valence-corrected chi connectivity index (χ2v) is 6.82. The van der Waals surface area contributed by atoms with Gasteiger partial charge >= 0.3 is 0 Å². The first-order valence-corrected chi connectivity index (χ1v) is 7.82. The number of rotatable bonds is 2. The maximum Gasteiger partial charge on any atom is 0.176 e. The van der Waals surface area contributed by atoms with Gasteiger partial charge < -0.3 is 0 Å². The molecule has 0 aromatic heterocycles. The molecule has 0 N–H and O–H groups in total. The molecule has 5 heteroatoms. The van der Waals surface area contributed by atoms with E-state index in [2.05, 4.69) is 15.9 Å². The smallest absolute Gasteiger partial charge is 0.176 e. The number of sulfone groups is 1. The molecule has 0 atom stereocenters. The molecule has 0 heterocycles. The van der Waals surface area contributed by atoms with Gasteiger partial charge in [0.1, 0.15) is 5.82 Å². The van der Waals surface area contributed by atoms with Crippen LogP contribution in [0, 0.1) is 5.82 Å². The van der Waals surface area contributed by atoms with Crippen LogP contribution in [0.15, 0.2) is 51.8 Å². The number of hydrogen-bond donors (Lipinski definition) is 0. The molecule has 0 aliphatic carbocycles. The Morgan fingerprint density at radius 3 is 2.22 bits per heavy atom. The van der Waals surface area contributed by atoms with Crippen LogP contribution in [0.5, 0.6) is 0 Å². The van der Waals surface area contributed by atoms with Crippen molar-refractivity contribution >= 4 is 25.8 Å². The van der Waals surface area contributed by atoms with Gasteiger partial charge in [-0.1, -0.05) is 34.1 Å². The van der Waals surface area contributed by atoms with Gasteiger partial charge in [-0.05, 0) is 29.8 Å². The molecule has 0 unspecified atom stereocenters. The zero-order chi connectivity index (χ0) is 13.3. The molecule has 0 saturated carbocycles. The predicted molar refractivity (Wildman–Crippen MR) is 72.6 cm³/mol. The monoisotopic (exact) mass is 328 g/mol. The van der Waals surface area contributed by atoms with Crippen LogP contribution in [-0.2, 0) is 9.84 Å². The van der Waals surface area contributed by atoms with Crippen molar-refractivity contribution in [2.24, 2.45) is 0 Å². The molecular formula is C13H10BrFO2S. The normalized spacial score (nSPS) is 11.5. The summed E-state index contributed by atoms with van der Waals surface area (Å²) in [6.45, 7) is 0. The van der Waals surface area contributed by atoms with Gasteiger partial charge in [0.15, 0.2) is 9.84 Å². The molecule has 2 rings (SSSR count). The van der Waals surface area contributed by atoms with Crippen molar-refractivity contribution in [3.8, 4) is 11.1 Å². The van der Waals surface area contributed by atoms with Crippen molar-refractivity contribution in [2.45, 2.75) is 4.90 Å². The Kier molecular flexibility index (Phi) is 3.54. The van der Waals surface area contributed by atoms with E-state index >= 15 is 0 Å². The van der Waals surface area contributed by atoms with Crippen LogP contribution >= 0.6 is 15.9 Å². The average Bonchev–Trinajstić information content (AvgIpc) is 2.29. The summed E-state index contributed by atoms with van der Waals surface area (Å²) in [5.41, 5.74) is 1.24. The fourth-order valence-electron chi connectivity index (χ4n) is 1.67. The molecule has 2 aromatic carbocycles. The van der Waals surface area contributed by atoms with Crippen LogP contribution in [0.1, 0.15) is 0 Å². The van der Waals surface area contributed by atoms with Gasteiger partial charge in [-0.15, -0.1) is 0 Å². The lowest BCUT2D eigenvalue weighted by molar-refractivity contribution is 0.602. The van der Waals surface area contributed by atoms with E-state index in [0.29, 0.717) is 15.6 Å². The molecule has 94 valence electrons. The van der Waals surface area contributed by atoms with Crippen molar-refractivity contribution < 1.29 is 12.8 Å². The van der Waals surface area contributed by atoms with Crippen molar-refractivity contribution in [1.82, 2.24) is 0 Å². The van der Waals surface area contributed by atoms with Gasteiger partial charge in [0, 0.05) is 16.3 Å². The Morgan fingerprint density at radius 1 is 1.06 bits per heavy atom. The van der Waals surface area contributed by atoms with Crippen LogP contribution in [0.2, 0.25) is 0 Å². The molecule has 0 aliphatic rings. The summed E-state index contributed by atoms with van der Waals surface area (Å²) in [4.78, 5) is 0.225. The highest BCUT2D eigenvalue weighted by molar-refractivity contribution is 9.10. The summed E-state index contributed by atoms with van der Waals surface area (Å²) in [6.07, 6.45) is 1.15. The van der Waals surface area contributed by atoms with E-state index in [1.165, 1.54) is 12.1 Å². The standard InChI is InChI=1S/C13H10BrFO2S/c1-18(16,17)13-8-10(14)4-7-12(13)9-2-5-11(15)6-3-9/h2-8H,1H3. The van der Waals surface area contributed by atoms with E-state index in [-0.39, 0.29) is 10.7 Å². The second kappa shape index (κ2) is 4.82. The minimum absolute atomic E-state index is 0.225. The van der Waals surface area contributed by atoms with E-state index in [1.54, 1.807) is 30.3 Å². The van der Waals surface area contributed by atoms with Crippen LogP contribution in [0.3, 0.4) is 0 Å². The van der Waals surface area contributed by atoms with Crippen molar-refractivity contribution in [3.63, 3.8) is 0 Å². The third kappa shape index (κ3) is 2.79. The lowest BCUT2D eigenvalue weighted by Gasteiger charge is -2.08. The maximum atomic E-state index is 12.9. The fraction of sp³-hybridized carbons (Fsp3) is 0.0769. The third-order valence-corrected chi connectivity index (χ3v) is 4.13. The van der Waals surface area contributed by atoms with Crippen molar-refractivity contribution in [3.05, 3.63) is 52.8 Å². The molecule has 0 spiro atoms. The fourth-order valence-corrected chi connectivity index (χ4v) is 3.11. The topological polar surface area (TPSA) is 34.1 Å². The highest BCUT2D eigenvalue weighted by Crippen LogP contribution is 2.30. The second-order valence-electron chi connectivity index (χ2n) is 3.92. The first kappa shape index (κ1) is 13.2. The summed E-state index contributed by atoms with van der Waals surface area (Å²) < 4.78 is 37.1. The molecule has 18 heavy (non-hydrogen) atoms. The number of hydrogen-bond acceptors (Lipinski definition) is 2. The first-order valence-electron chi connectivity index (χ1n) is 5.13. The molecule has 2 aromatic rings. The van der Waals surface area contributed by atoms with Gasteiger partial charge in [0.05, 0.1) is 4.90 Å². The van der Waals surface area contributed by atoms with E-state index in [9.17, 15) is 12.8 Å². The quantitative estimate of drug-likeness (QED) is 0.843. The molecule has 0 radical (unpaired) electrons. The molecule has 0 aliphatic heterocycles. The van der Waals surface area contributed by atoms with Gasteiger partial charge in [-0.2, -0.15) is 0 Å². The van der Waals surface area contributed by atoms with Gasteiger partial charge in [0.25, 0.3) is 0 Å². The summed E-state index contributed by atoms with van der Waals surface area (Å²) >= 11 is 3.25. The van der Waals surface area contributed by atoms with E-state index in [0.717, 1.165) is 6.26 Å². The third-order valence-electron chi connectivity index (χ3n) is 2.50. The summed E-state index contributed by atoms with van der Waals surface area (Å²) in [5.74, 6) is -0.350. The van der Waals surface area contributed by atoms with E-state index in [1.807, 2.05) is 0 Å². The molecular weight excluding hydrogens is 319 g/mol. The molecule has 0 fully saturated rings. The highest BCUT2D eigenvalue weighted by Gasteiger charge is 2.15. The Labute approximate surface area is 114 Å². The highest BCUT2D eigenvalue weighted by atomic mass is 79.9. The molecule has 0 saturated heterocycles. The minimum Gasteiger partial charge on any atom is -0.224 e. The van der Waals surface area contributed by atoms with Crippen LogP contribution < -0.4 is 0 Å². The number of halogens is 2. The Morgan fingerprint density at radius 2 is 1.67 bits per heavy atom. The summed E-state index contributed by atoms with van der Waals surface area (Å²) in [5, 5.41) is 0. The van der Waals surface area contributed by atoms with Crippen molar-refractivity contribution in [2.75, 3.05) is 6.26 Å². The van der Waals surface area contributed by atoms with E-state index in [4.69, 9.17) is 0 Å². The lowest BCUT2D eigenvalue weighted by atomic mass is 10.1. The Bertz CT molecular complexity index is 679. The molecule has 0 amide bonds. The van der Waals surface area contributed by atoms with Gasteiger partial charge in [-0.25, -0.2) is 12.8 Å². The Balaban J connectivity index is 2.68. The van der Waals surface area contributed by atoms with Gasteiger partial charge in [0.2, 0.25) is 0 Å². The minimum atomic E-state index is -3.34. The maximum absolute atomic E-state index is 12.9. The number of benzene rings is 2. The van der Waals surface area contributed by atoms with Crippen LogP contribution in [0.4, 0.5) is 4.39 Å². The summed E-state index contributed by atoms with van der Waals surface area (Å²) in [6, 6.07) is 10.8. The SMILES string of the molecule is CS(=O)(=O)c1cc(Br)ccc1-c1ccc(F)cc1. The molecule has 2 nitrogen and oxygen atoms in total. The molecule has 0 bridgehead atoms.